The zero-order chi connectivity index (χ0) is 19.1. The Morgan fingerprint density at radius 3 is 2.46 bits per heavy atom. The van der Waals surface area contributed by atoms with Crippen LogP contribution in [0.4, 0.5) is 13.6 Å². The van der Waals surface area contributed by atoms with Crippen LogP contribution in [0.15, 0.2) is 42.5 Å². The van der Waals surface area contributed by atoms with Gasteiger partial charge in [0, 0.05) is 16.1 Å². The molecule has 5 nitrogen and oxygen atoms in total. The van der Waals surface area contributed by atoms with Crippen LogP contribution in [0, 0.1) is 11.6 Å². The summed E-state index contributed by atoms with van der Waals surface area (Å²) in [5.41, 5.74) is -1.85. The lowest BCUT2D eigenvalue weighted by atomic mass is 9.91. The summed E-state index contributed by atoms with van der Waals surface area (Å²) in [5.74, 6) is -2.92. The van der Waals surface area contributed by atoms with Crippen LogP contribution in [0.3, 0.4) is 0 Å². The standard InChI is InChI=1S/C18H13ClF2N2O3/c1-18(13-8-12(20)6-7-14(13)21)16(25)23(17(26)22-18)9-15(24)10-2-4-11(19)5-3-10/h2-8H,9H2,1H3,(H,22,26)/t18-/m1/s1. The largest absolute Gasteiger partial charge is 0.325 e. The van der Waals surface area contributed by atoms with Gasteiger partial charge in [-0.3, -0.25) is 14.5 Å². The van der Waals surface area contributed by atoms with Crippen LogP contribution in [0.5, 0.6) is 0 Å². The molecule has 1 atom stereocenters. The Labute approximate surface area is 152 Å². The van der Waals surface area contributed by atoms with Crippen LogP contribution < -0.4 is 5.32 Å². The lowest BCUT2D eigenvalue weighted by Gasteiger charge is -2.22. The molecule has 1 saturated heterocycles. The molecule has 1 heterocycles. The van der Waals surface area contributed by atoms with E-state index in [9.17, 15) is 23.2 Å². The van der Waals surface area contributed by atoms with Crippen LogP contribution in [0.25, 0.3) is 0 Å². The SMILES string of the molecule is C[C@]1(c2cc(F)ccc2F)NC(=O)N(CC(=O)c2ccc(Cl)cc2)C1=O. The summed E-state index contributed by atoms with van der Waals surface area (Å²) in [7, 11) is 0. The zero-order valence-corrected chi connectivity index (χ0v) is 14.3. The number of hydrogen-bond acceptors (Lipinski definition) is 3. The normalized spacial score (nSPS) is 19.6. The molecule has 0 unspecified atom stereocenters. The van der Waals surface area contributed by atoms with Gasteiger partial charge in [-0.25, -0.2) is 13.6 Å². The number of Topliss-reactive ketones (excluding diaryl/α,β-unsaturated/α-hetero) is 1. The molecule has 1 aliphatic heterocycles. The summed E-state index contributed by atoms with van der Waals surface area (Å²) < 4.78 is 27.6. The first kappa shape index (κ1) is 18.0. The number of halogens is 3. The Balaban J connectivity index is 1.88. The van der Waals surface area contributed by atoms with E-state index in [4.69, 9.17) is 11.6 Å². The minimum Gasteiger partial charge on any atom is -0.319 e. The number of amides is 3. The topological polar surface area (TPSA) is 66.5 Å². The molecule has 0 spiro atoms. The zero-order valence-electron chi connectivity index (χ0n) is 13.6. The van der Waals surface area contributed by atoms with Crippen molar-refractivity contribution in [2.24, 2.45) is 0 Å². The highest BCUT2D eigenvalue weighted by molar-refractivity contribution is 6.30. The molecule has 1 N–H and O–H groups in total. The lowest BCUT2D eigenvalue weighted by molar-refractivity contribution is -0.130. The van der Waals surface area contributed by atoms with Gasteiger partial charge in [-0.2, -0.15) is 0 Å². The summed E-state index contributed by atoms with van der Waals surface area (Å²) in [6, 6.07) is 7.71. The average molecular weight is 379 g/mol. The van der Waals surface area contributed by atoms with Gasteiger partial charge in [0.05, 0.1) is 6.54 Å². The first-order valence-electron chi connectivity index (χ1n) is 7.61. The quantitative estimate of drug-likeness (QED) is 0.656. The van der Waals surface area contributed by atoms with Gasteiger partial charge in [0.15, 0.2) is 5.78 Å². The Hall–Kier alpha value is -2.80. The van der Waals surface area contributed by atoms with Crippen LogP contribution in [-0.2, 0) is 10.3 Å². The Morgan fingerprint density at radius 1 is 1.15 bits per heavy atom. The first-order chi connectivity index (χ1) is 12.2. The number of nitrogens with one attached hydrogen (secondary N) is 1. The van der Waals surface area contributed by atoms with Crippen LogP contribution >= 0.6 is 11.6 Å². The second-order valence-electron chi connectivity index (χ2n) is 6.00. The highest BCUT2D eigenvalue weighted by Gasteiger charge is 2.50. The third-order valence-corrected chi connectivity index (χ3v) is 4.46. The molecule has 0 saturated carbocycles. The van der Waals surface area contributed by atoms with E-state index in [2.05, 4.69) is 5.32 Å². The van der Waals surface area contributed by atoms with E-state index >= 15 is 0 Å². The van der Waals surface area contributed by atoms with Gasteiger partial charge in [0.25, 0.3) is 5.91 Å². The Kier molecular flexibility index (Phi) is 4.50. The predicted octanol–water partition coefficient (Wildman–Crippen LogP) is 3.27. The number of urea groups is 1. The van der Waals surface area contributed by atoms with Crippen molar-refractivity contribution in [3.63, 3.8) is 0 Å². The van der Waals surface area contributed by atoms with E-state index in [1.807, 2.05) is 0 Å². The van der Waals surface area contributed by atoms with E-state index in [0.717, 1.165) is 18.2 Å². The van der Waals surface area contributed by atoms with E-state index < -0.39 is 41.4 Å². The number of carbonyl (C=O) groups is 3. The minimum atomic E-state index is -1.80. The smallest absolute Gasteiger partial charge is 0.319 e. The van der Waals surface area contributed by atoms with Crippen molar-refractivity contribution in [1.29, 1.82) is 0 Å². The van der Waals surface area contributed by atoms with Crippen LogP contribution in [-0.4, -0.2) is 29.2 Å². The van der Waals surface area contributed by atoms with E-state index in [1.54, 1.807) is 0 Å². The maximum absolute atomic E-state index is 14.1. The number of imide groups is 1. The molecule has 2 aromatic carbocycles. The van der Waals surface area contributed by atoms with Gasteiger partial charge in [-0.15, -0.1) is 0 Å². The van der Waals surface area contributed by atoms with Crippen molar-refractivity contribution >= 4 is 29.3 Å². The average Bonchev–Trinajstić information content (AvgIpc) is 2.81. The monoisotopic (exact) mass is 378 g/mol. The number of hydrogen-bond donors (Lipinski definition) is 1. The van der Waals surface area contributed by atoms with Gasteiger partial charge >= 0.3 is 6.03 Å². The second-order valence-corrected chi connectivity index (χ2v) is 6.44. The van der Waals surface area contributed by atoms with Crippen LogP contribution in [0.1, 0.15) is 22.8 Å². The molecule has 0 radical (unpaired) electrons. The number of nitrogens with zero attached hydrogens (tertiary/aromatic N) is 1. The molecule has 2 aromatic rings. The maximum Gasteiger partial charge on any atom is 0.325 e. The van der Waals surface area contributed by atoms with Crippen LogP contribution in [0.2, 0.25) is 5.02 Å². The van der Waals surface area contributed by atoms with Gasteiger partial charge < -0.3 is 5.32 Å². The summed E-state index contributed by atoms with van der Waals surface area (Å²) >= 11 is 5.76. The Morgan fingerprint density at radius 2 is 1.81 bits per heavy atom. The molecule has 0 aliphatic carbocycles. The molecule has 1 fully saturated rings. The molecule has 1 aliphatic rings. The van der Waals surface area contributed by atoms with Gasteiger partial charge in [0.1, 0.15) is 17.2 Å². The molecule has 3 amide bonds. The number of rotatable bonds is 4. The Bertz CT molecular complexity index is 917. The third-order valence-electron chi connectivity index (χ3n) is 4.21. The summed E-state index contributed by atoms with van der Waals surface area (Å²) in [5, 5.41) is 2.77. The molecular weight excluding hydrogens is 366 g/mol. The van der Waals surface area contributed by atoms with E-state index in [-0.39, 0.29) is 11.1 Å². The second kappa shape index (κ2) is 6.49. The molecular formula is C18H13ClF2N2O3. The summed E-state index contributed by atoms with van der Waals surface area (Å²) in [6.07, 6.45) is 0. The van der Waals surface area contributed by atoms with Crippen molar-refractivity contribution in [2.45, 2.75) is 12.5 Å². The highest BCUT2D eigenvalue weighted by atomic mass is 35.5. The summed E-state index contributed by atoms with van der Waals surface area (Å²) in [6.45, 7) is 0.733. The predicted molar refractivity (Wildman–Crippen MR) is 89.7 cm³/mol. The van der Waals surface area contributed by atoms with Crippen molar-refractivity contribution in [1.82, 2.24) is 10.2 Å². The molecule has 134 valence electrons. The lowest BCUT2D eigenvalue weighted by Crippen LogP contribution is -2.42. The maximum atomic E-state index is 14.1. The fourth-order valence-corrected chi connectivity index (χ4v) is 2.90. The van der Waals surface area contributed by atoms with Crippen molar-refractivity contribution in [3.8, 4) is 0 Å². The first-order valence-corrected chi connectivity index (χ1v) is 7.98. The van der Waals surface area contributed by atoms with Crippen molar-refractivity contribution < 1.29 is 23.2 Å². The number of ketones is 1. The number of benzene rings is 2. The van der Waals surface area contributed by atoms with Crippen molar-refractivity contribution in [3.05, 3.63) is 70.2 Å². The molecule has 8 heteroatoms. The third kappa shape index (κ3) is 3.06. The van der Waals surface area contributed by atoms with Crippen molar-refractivity contribution in [2.75, 3.05) is 6.54 Å². The fourth-order valence-electron chi connectivity index (χ4n) is 2.77. The fraction of sp³-hybridized carbons (Fsp3) is 0.167. The molecule has 0 aromatic heterocycles. The highest BCUT2D eigenvalue weighted by Crippen LogP contribution is 2.31. The number of carbonyl (C=O) groups excluding carboxylic acids is 3. The summed E-state index contributed by atoms with van der Waals surface area (Å²) in [4.78, 5) is 37.9. The van der Waals surface area contributed by atoms with Gasteiger partial charge in [-0.1, -0.05) is 11.6 Å². The molecule has 26 heavy (non-hydrogen) atoms. The minimum absolute atomic E-state index is 0.264. The van der Waals surface area contributed by atoms with E-state index in [1.165, 1.54) is 31.2 Å². The molecule has 0 bridgehead atoms. The van der Waals surface area contributed by atoms with Gasteiger partial charge in [0.2, 0.25) is 0 Å². The van der Waals surface area contributed by atoms with Gasteiger partial charge in [-0.05, 0) is 49.4 Å². The molecule has 3 rings (SSSR count). The van der Waals surface area contributed by atoms with E-state index in [0.29, 0.717) is 9.92 Å².